The first kappa shape index (κ1) is 16.0. The molecule has 0 aliphatic rings. The molecule has 0 heterocycles. The lowest BCUT2D eigenvalue weighted by atomic mass is 10.2. The van der Waals surface area contributed by atoms with Crippen LogP contribution in [-0.4, -0.2) is 44.4 Å². The largest absolute Gasteiger partial charge is 0.492 e. The van der Waals surface area contributed by atoms with Crippen molar-refractivity contribution in [2.45, 2.75) is 26.4 Å². The molecular weight excluding hydrogens is 240 g/mol. The van der Waals surface area contributed by atoms with E-state index in [1.165, 1.54) is 0 Å². The van der Waals surface area contributed by atoms with Gasteiger partial charge in [0.2, 0.25) is 0 Å². The summed E-state index contributed by atoms with van der Waals surface area (Å²) >= 11 is 0. The number of methoxy groups -OCH3 is 1. The van der Waals surface area contributed by atoms with Crippen molar-refractivity contribution in [2.75, 3.05) is 33.4 Å². The van der Waals surface area contributed by atoms with Gasteiger partial charge in [0.1, 0.15) is 12.4 Å². The standard InChI is InChI=1S/C15H26N2O2/c1-13(2)17(8-10-18-3)9-11-19-15-6-4-14(12-16)5-7-15/h4-7,13H,8-12,16H2,1-3H3. The number of rotatable bonds is 9. The van der Waals surface area contributed by atoms with Crippen molar-refractivity contribution < 1.29 is 9.47 Å². The van der Waals surface area contributed by atoms with Crippen LogP contribution in [0.4, 0.5) is 0 Å². The predicted octanol–water partition coefficient (Wildman–Crippen LogP) is 1.88. The van der Waals surface area contributed by atoms with E-state index in [2.05, 4.69) is 18.7 Å². The van der Waals surface area contributed by atoms with Crippen LogP contribution in [0, 0.1) is 0 Å². The lowest BCUT2D eigenvalue weighted by Gasteiger charge is -2.25. The zero-order chi connectivity index (χ0) is 14.1. The van der Waals surface area contributed by atoms with Crippen molar-refractivity contribution in [1.29, 1.82) is 0 Å². The molecule has 19 heavy (non-hydrogen) atoms. The summed E-state index contributed by atoms with van der Waals surface area (Å²) in [6, 6.07) is 8.44. The molecule has 0 aliphatic heterocycles. The minimum absolute atomic E-state index is 0.498. The first-order valence-corrected chi connectivity index (χ1v) is 6.82. The Hall–Kier alpha value is -1.10. The monoisotopic (exact) mass is 266 g/mol. The smallest absolute Gasteiger partial charge is 0.119 e. The van der Waals surface area contributed by atoms with Crippen molar-refractivity contribution in [3.63, 3.8) is 0 Å². The lowest BCUT2D eigenvalue weighted by molar-refractivity contribution is 0.116. The van der Waals surface area contributed by atoms with E-state index in [1.54, 1.807) is 7.11 Å². The molecule has 4 nitrogen and oxygen atoms in total. The summed E-state index contributed by atoms with van der Waals surface area (Å²) in [5.74, 6) is 0.896. The molecule has 108 valence electrons. The second kappa shape index (κ2) is 8.91. The zero-order valence-corrected chi connectivity index (χ0v) is 12.3. The van der Waals surface area contributed by atoms with Crippen molar-refractivity contribution in [1.82, 2.24) is 4.90 Å². The molecule has 1 rings (SSSR count). The average Bonchev–Trinajstić information content (AvgIpc) is 2.43. The molecule has 0 aromatic heterocycles. The summed E-state index contributed by atoms with van der Waals surface area (Å²) in [6.07, 6.45) is 0. The molecule has 0 saturated carbocycles. The van der Waals surface area contributed by atoms with Gasteiger partial charge in [-0.05, 0) is 31.5 Å². The fraction of sp³-hybridized carbons (Fsp3) is 0.600. The van der Waals surface area contributed by atoms with E-state index in [0.717, 1.165) is 31.0 Å². The van der Waals surface area contributed by atoms with Gasteiger partial charge < -0.3 is 15.2 Å². The number of hydrogen-bond donors (Lipinski definition) is 1. The number of nitrogens with two attached hydrogens (primary N) is 1. The molecule has 2 N–H and O–H groups in total. The summed E-state index contributed by atoms with van der Waals surface area (Å²) in [5.41, 5.74) is 6.68. The third-order valence-corrected chi connectivity index (χ3v) is 3.12. The van der Waals surface area contributed by atoms with Gasteiger partial charge in [-0.1, -0.05) is 12.1 Å². The summed E-state index contributed by atoms with van der Waals surface area (Å²) in [7, 11) is 1.73. The second-order valence-electron chi connectivity index (χ2n) is 4.82. The van der Waals surface area contributed by atoms with E-state index in [-0.39, 0.29) is 0 Å². The molecule has 4 heteroatoms. The zero-order valence-electron chi connectivity index (χ0n) is 12.3. The summed E-state index contributed by atoms with van der Waals surface area (Å²) in [4.78, 5) is 2.34. The Kier molecular flexibility index (Phi) is 7.48. The van der Waals surface area contributed by atoms with E-state index < -0.39 is 0 Å². The maximum atomic E-state index is 5.74. The van der Waals surface area contributed by atoms with E-state index in [1.807, 2.05) is 24.3 Å². The van der Waals surface area contributed by atoms with E-state index in [4.69, 9.17) is 15.2 Å². The Labute approximate surface area is 116 Å². The number of nitrogens with zero attached hydrogens (tertiary/aromatic N) is 1. The molecule has 0 atom stereocenters. The number of ether oxygens (including phenoxy) is 2. The van der Waals surface area contributed by atoms with Gasteiger partial charge in [0, 0.05) is 32.8 Å². The number of hydrogen-bond acceptors (Lipinski definition) is 4. The third-order valence-electron chi connectivity index (χ3n) is 3.12. The Bertz CT molecular complexity index is 339. The van der Waals surface area contributed by atoms with Crippen LogP contribution in [0.15, 0.2) is 24.3 Å². The van der Waals surface area contributed by atoms with Gasteiger partial charge in [0.05, 0.1) is 6.61 Å². The highest BCUT2D eigenvalue weighted by Crippen LogP contribution is 2.11. The topological polar surface area (TPSA) is 47.7 Å². The highest BCUT2D eigenvalue weighted by atomic mass is 16.5. The van der Waals surface area contributed by atoms with Crippen molar-refractivity contribution in [3.05, 3.63) is 29.8 Å². The predicted molar refractivity (Wildman–Crippen MR) is 78.4 cm³/mol. The molecule has 0 saturated heterocycles. The van der Waals surface area contributed by atoms with E-state index in [0.29, 0.717) is 19.2 Å². The van der Waals surface area contributed by atoms with Gasteiger partial charge in [-0.3, -0.25) is 4.90 Å². The molecule has 0 fully saturated rings. The first-order valence-electron chi connectivity index (χ1n) is 6.82. The highest BCUT2D eigenvalue weighted by Gasteiger charge is 2.08. The molecule has 0 amide bonds. The average molecular weight is 266 g/mol. The van der Waals surface area contributed by atoms with E-state index in [9.17, 15) is 0 Å². The van der Waals surface area contributed by atoms with Crippen LogP contribution in [-0.2, 0) is 11.3 Å². The maximum Gasteiger partial charge on any atom is 0.119 e. The second-order valence-corrected chi connectivity index (χ2v) is 4.82. The SMILES string of the molecule is COCCN(CCOc1ccc(CN)cc1)C(C)C. The Morgan fingerprint density at radius 1 is 1.11 bits per heavy atom. The molecule has 0 bridgehead atoms. The molecule has 1 aromatic rings. The number of benzene rings is 1. The minimum atomic E-state index is 0.498. The van der Waals surface area contributed by atoms with Crippen LogP contribution in [0.2, 0.25) is 0 Å². The van der Waals surface area contributed by atoms with Crippen LogP contribution in [0.3, 0.4) is 0 Å². The van der Waals surface area contributed by atoms with Gasteiger partial charge in [-0.25, -0.2) is 0 Å². The highest BCUT2D eigenvalue weighted by molar-refractivity contribution is 5.27. The fourth-order valence-corrected chi connectivity index (χ4v) is 1.84. The first-order chi connectivity index (χ1) is 9.17. The summed E-state index contributed by atoms with van der Waals surface area (Å²) < 4.78 is 10.9. The molecule has 1 aromatic carbocycles. The Morgan fingerprint density at radius 3 is 2.26 bits per heavy atom. The van der Waals surface area contributed by atoms with Crippen LogP contribution in [0.25, 0.3) is 0 Å². The lowest BCUT2D eigenvalue weighted by Crippen LogP contribution is -2.37. The fourth-order valence-electron chi connectivity index (χ4n) is 1.84. The Balaban J connectivity index is 2.33. The molecule has 0 spiro atoms. The molecule has 0 aliphatic carbocycles. The van der Waals surface area contributed by atoms with Crippen LogP contribution >= 0.6 is 0 Å². The minimum Gasteiger partial charge on any atom is -0.492 e. The van der Waals surface area contributed by atoms with Crippen molar-refractivity contribution >= 4 is 0 Å². The molecule has 0 unspecified atom stereocenters. The van der Waals surface area contributed by atoms with Crippen LogP contribution in [0.1, 0.15) is 19.4 Å². The van der Waals surface area contributed by atoms with Gasteiger partial charge in [-0.2, -0.15) is 0 Å². The van der Waals surface area contributed by atoms with Gasteiger partial charge in [0.25, 0.3) is 0 Å². The summed E-state index contributed by atoms with van der Waals surface area (Å²) in [6.45, 7) is 8.21. The van der Waals surface area contributed by atoms with Gasteiger partial charge in [0.15, 0.2) is 0 Å². The van der Waals surface area contributed by atoms with Gasteiger partial charge in [-0.15, -0.1) is 0 Å². The Morgan fingerprint density at radius 2 is 1.74 bits per heavy atom. The van der Waals surface area contributed by atoms with Gasteiger partial charge >= 0.3 is 0 Å². The quantitative estimate of drug-likeness (QED) is 0.741. The molecule has 0 radical (unpaired) electrons. The van der Waals surface area contributed by atoms with Crippen molar-refractivity contribution in [3.8, 4) is 5.75 Å². The van der Waals surface area contributed by atoms with Crippen LogP contribution < -0.4 is 10.5 Å². The molecular formula is C15H26N2O2. The third kappa shape index (κ3) is 6.05. The van der Waals surface area contributed by atoms with Crippen LogP contribution in [0.5, 0.6) is 5.75 Å². The van der Waals surface area contributed by atoms with E-state index >= 15 is 0 Å². The normalized spacial score (nSPS) is 11.3. The summed E-state index contributed by atoms with van der Waals surface area (Å²) in [5, 5.41) is 0. The van der Waals surface area contributed by atoms with Crippen molar-refractivity contribution in [2.24, 2.45) is 5.73 Å². The maximum absolute atomic E-state index is 5.74.